The molecule has 2 unspecified atom stereocenters. The van der Waals surface area contributed by atoms with Crippen LogP contribution in [0.1, 0.15) is 84.0 Å². The van der Waals surface area contributed by atoms with Gasteiger partial charge in [0.25, 0.3) is 0 Å². The predicted octanol–water partition coefficient (Wildman–Crippen LogP) is -6.82. The summed E-state index contributed by atoms with van der Waals surface area (Å²) in [6.07, 6.45) is 2.99. The fraction of sp³-hybridized carbons (Fsp3) is 0.714. The molecule has 28 heteroatoms. The number of unbranched alkanes of at least 4 members (excludes halogenated alkanes) is 2. The smallest absolute Gasteiger partial charge is 0.352 e. The lowest BCUT2D eigenvalue weighted by Crippen LogP contribution is -2.60. The molecule has 70 heavy (non-hydrogen) atoms. The highest BCUT2D eigenvalue weighted by Crippen LogP contribution is 2.20. The quantitative estimate of drug-likeness (QED) is 0.0121. The van der Waals surface area contributed by atoms with Crippen LogP contribution >= 0.6 is 0 Å². The van der Waals surface area contributed by atoms with Gasteiger partial charge in [-0.1, -0.05) is 12.5 Å². The van der Waals surface area contributed by atoms with Crippen LogP contribution < -0.4 is 76.9 Å². The Morgan fingerprint density at radius 1 is 0.757 bits per heavy atom. The summed E-state index contributed by atoms with van der Waals surface area (Å²) in [6.45, 7) is 1.28. The number of carboxylic acids is 1. The summed E-state index contributed by atoms with van der Waals surface area (Å²) in [7, 11) is 1.38. The number of nitrogens with two attached hydrogens (primary N) is 6. The van der Waals surface area contributed by atoms with Crippen LogP contribution in [-0.4, -0.2) is 182 Å². The van der Waals surface area contributed by atoms with Crippen molar-refractivity contribution >= 4 is 59.2 Å². The Morgan fingerprint density at radius 3 is 1.99 bits per heavy atom. The summed E-state index contributed by atoms with van der Waals surface area (Å²) in [5.74, 6) is -8.06. The number of ether oxygens (including phenoxy) is 1. The normalized spacial score (nSPS) is 16.5. The second-order valence-corrected chi connectivity index (χ2v) is 16.6. The van der Waals surface area contributed by atoms with Gasteiger partial charge in [0, 0.05) is 33.4 Å². The Morgan fingerprint density at radius 2 is 1.39 bits per heavy atom. The number of carbonyl (C=O) groups is 9. The molecule has 1 rings (SSSR count). The third-order valence-electron chi connectivity index (χ3n) is 11.0. The van der Waals surface area contributed by atoms with Crippen LogP contribution in [0.3, 0.4) is 0 Å². The van der Waals surface area contributed by atoms with Crippen molar-refractivity contribution in [2.75, 3.05) is 59.5 Å². The first kappa shape index (κ1) is 62.0. The van der Waals surface area contributed by atoms with Crippen LogP contribution in [0.5, 0.6) is 0 Å². The number of carbonyl (C=O) groups excluding carboxylic acids is 8. The fourth-order valence-corrected chi connectivity index (χ4v) is 7.03. The number of aliphatic carboxylic acids is 1. The van der Waals surface area contributed by atoms with Crippen molar-refractivity contribution in [3.8, 4) is 0 Å². The molecule has 0 saturated carbocycles. The van der Waals surface area contributed by atoms with Gasteiger partial charge in [-0.05, 0) is 97.2 Å². The van der Waals surface area contributed by atoms with Gasteiger partial charge in [0.05, 0.1) is 18.7 Å². The lowest BCUT2D eigenvalue weighted by Gasteiger charge is -2.30. The summed E-state index contributed by atoms with van der Waals surface area (Å²) >= 11 is 0. The number of rotatable bonds is 35. The molecule has 1 aliphatic rings. The highest BCUT2D eigenvalue weighted by Gasteiger charge is 2.39. The van der Waals surface area contributed by atoms with Crippen LogP contribution in [0, 0.1) is 5.41 Å². The summed E-state index contributed by atoms with van der Waals surface area (Å²) in [6, 6.07) is -8.67. The molecule has 8 atom stereocenters. The van der Waals surface area contributed by atoms with Gasteiger partial charge in [-0.25, -0.2) is 4.79 Å². The average molecular weight is 999 g/mol. The third-order valence-corrected chi connectivity index (χ3v) is 11.0. The molecule has 0 spiro atoms. The minimum absolute atomic E-state index is 0.00755. The maximum absolute atomic E-state index is 14.0. The number of nitrogens with zero attached hydrogens (tertiary/aromatic N) is 1. The molecule has 1 aliphatic heterocycles. The van der Waals surface area contributed by atoms with Gasteiger partial charge < -0.3 is 96.8 Å². The first-order chi connectivity index (χ1) is 33.3. The van der Waals surface area contributed by atoms with Crippen molar-refractivity contribution < 1.29 is 58.1 Å². The molecular weight excluding hydrogens is 921 g/mol. The van der Waals surface area contributed by atoms with E-state index >= 15 is 0 Å². The Balaban J connectivity index is 3.10. The maximum atomic E-state index is 14.0. The van der Waals surface area contributed by atoms with E-state index in [-0.39, 0.29) is 83.7 Å². The third kappa shape index (κ3) is 23.0. The largest absolute Gasteiger partial charge is 0.477 e. The topological polar surface area (TPSA) is 483 Å². The molecule has 398 valence electrons. The van der Waals surface area contributed by atoms with Crippen molar-refractivity contribution in [3.05, 3.63) is 11.8 Å². The zero-order valence-corrected chi connectivity index (χ0v) is 40.2. The number of carboxylic acid groups (broad SMARTS) is 1. The van der Waals surface area contributed by atoms with E-state index in [1.807, 2.05) is 0 Å². The number of hydrogen-bond donors (Lipinski definition) is 17. The lowest BCUT2D eigenvalue weighted by atomic mass is 10.1. The van der Waals surface area contributed by atoms with E-state index in [1.165, 1.54) is 25.0 Å². The van der Waals surface area contributed by atoms with Gasteiger partial charge in [0.15, 0.2) is 5.96 Å². The number of guanidine groups is 1. The molecule has 0 radical (unpaired) electrons. The van der Waals surface area contributed by atoms with Crippen molar-refractivity contribution in [1.29, 1.82) is 5.41 Å². The first-order valence-corrected chi connectivity index (χ1v) is 23.4. The van der Waals surface area contributed by atoms with Crippen LogP contribution in [0.4, 0.5) is 0 Å². The SMILES string of the molecule is COCC[C@H](NC(=O)[C@@H]1CCCN1C(=O)[C@@H](CCCN)NC(=O)CNC(=O)C(C)NC(=O)[C@@H](NC(=O)C(N)CCCCN)[C@@H](O)CN)C(=O)N[C@@H](CCCCN)C(=O)N/C(=C\CCNC(=N)N)C(=O)O. The molecule has 28 nitrogen and oxygen atoms in total. The number of nitrogens with one attached hydrogen (secondary N) is 9. The Kier molecular flexibility index (Phi) is 30.4. The molecule has 1 saturated heterocycles. The second kappa shape index (κ2) is 34.3. The van der Waals surface area contributed by atoms with Crippen molar-refractivity contribution in [2.24, 2.45) is 34.4 Å². The summed E-state index contributed by atoms with van der Waals surface area (Å²) in [5.41, 5.74) is 33.1. The highest BCUT2D eigenvalue weighted by molar-refractivity contribution is 5.99. The average Bonchev–Trinajstić information content (AvgIpc) is 3.82. The van der Waals surface area contributed by atoms with Crippen LogP contribution in [0.15, 0.2) is 11.8 Å². The molecule has 1 fully saturated rings. The minimum Gasteiger partial charge on any atom is -0.477 e. The summed E-state index contributed by atoms with van der Waals surface area (Å²) in [4.78, 5) is 120. The maximum Gasteiger partial charge on any atom is 0.352 e. The van der Waals surface area contributed by atoms with E-state index in [4.69, 9.17) is 44.5 Å². The predicted molar refractivity (Wildman–Crippen MR) is 255 cm³/mol. The number of amides is 8. The molecule has 0 aliphatic carbocycles. The number of aliphatic hydroxyl groups is 1. The number of hydrogen-bond acceptors (Lipinski definition) is 17. The highest BCUT2D eigenvalue weighted by atomic mass is 16.5. The van der Waals surface area contributed by atoms with Crippen molar-refractivity contribution in [1.82, 2.24) is 47.4 Å². The van der Waals surface area contributed by atoms with E-state index in [0.717, 1.165) is 0 Å². The van der Waals surface area contributed by atoms with Gasteiger partial charge in [-0.2, -0.15) is 0 Å². The molecule has 0 aromatic carbocycles. The lowest BCUT2D eigenvalue weighted by molar-refractivity contribution is -0.142. The fourth-order valence-electron chi connectivity index (χ4n) is 7.03. The van der Waals surface area contributed by atoms with E-state index in [2.05, 4.69) is 42.5 Å². The van der Waals surface area contributed by atoms with Crippen molar-refractivity contribution in [3.63, 3.8) is 0 Å². The second-order valence-electron chi connectivity index (χ2n) is 16.6. The minimum atomic E-state index is -1.56. The van der Waals surface area contributed by atoms with Gasteiger partial charge in [0.1, 0.15) is 41.9 Å². The molecule has 8 amide bonds. The zero-order chi connectivity index (χ0) is 52.8. The Bertz CT molecular complexity index is 1770. The standard InChI is InChI=1S/C42H78N16O12/c1-24(52-39(66)33(31(59)22-46)57-35(62)25(47)10-3-5-16-43)34(61)51-23-32(60)53-28(12-7-18-45)40(67)58-20-9-14-30(58)38(65)55-27(15-21-70-2)37(64)54-26(11-4-6-17-44)36(63)56-29(41(68)69)13-8-19-50-42(48)49/h13,24-28,30-31,33,59H,3-12,14-23,43-47H2,1-2H3,(H,51,61)(H,52,66)(H,53,60)(H,54,64)(H,55,65)(H,56,63)(H,57,62)(H,68,69)(H4,48,49,50)/b29-13-/t24?,25?,26-,27-,28+,30-,31-,33-/m0/s1. The Labute approximate surface area is 407 Å². The van der Waals surface area contributed by atoms with Crippen molar-refractivity contribution in [2.45, 2.75) is 132 Å². The van der Waals surface area contributed by atoms with E-state index in [1.54, 1.807) is 0 Å². The molecule has 23 N–H and O–H groups in total. The number of methoxy groups -OCH3 is 1. The molecule has 1 heterocycles. The van der Waals surface area contributed by atoms with E-state index in [0.29, 0.717) is 38.6 Å². The van der Waals surface area contributed by atoms with Gasteiger partial charge >= 0.3 is 5.97 Å². The van der Waals surface area contributed by atoms with Gasteiger partial charge in [-0.3, -0.25) is 43.8 Å². The zero-order valence-electron chi connectivity index (χ0n) is 40.2. The molecule has 0 bridgehead atoms. The number of likely N-dealkylation sites (tertiary alicyclic amines) is 1. The summed E-state index contributed by atoms with van der Waals surface area (Å²) in [5, 5.41) is 47.1. The first-order valence-electron chi connectivity index (χ1n) is 23.4. The molecular formula is C42H78N16O12. The van der Waals surface area contributed by atoms with Crippen LogP contribution in [0.2, 0.25) is 0 Å². The van der Waals surface area contributed by atoms with E-state index in [9.17, 15) is 53.4 Å². The molecule has 0 aromatic rings. The summed E-state index contributed by atoms with van der Waals surface area (Å²) < 4.78 is 5.17. The monoisotopic (exact) mass is 999 g/mol. The number of aliphatic hydroxyl groups excluding tert-OH is 1. The molecule has 0 aromatic heterocycles. The Hall–Kier alpha value is -6.04. The van der Waals surface area contributed by atoms with E-state index < -0.39 is 120 Å². The van der Waals surface area contributed by atoms with Crippen LogP contribution in [-0.2, 0) is 47.9 Å². The van der Waals surface area contributed by atoms with Gasteiger partial charge in [0.2, 0.25) is 47.3 Å². The van der Waals surface area contributed by atoms with Gasteiger partial charge in [-0.15, -0.1) is 0 Å². The van der Waals surface area contributed by atoms with Crippen LogP contribution in [0.25, 0.3) is 0 Å².